The molecular weight excluding hydrogens is 338 g/mol. The SMILES string of the molecule is C1=C(c2ccc3ncnn3c2)OC2(CCC3(CCCO3)CC2)C1=C1CCC1. The number of fused-ring (bicyclic) bond motifs is 1. The maximum atomic E-state index is 6.76. The lowest BCUT2D eigenvalue weighted by atomic mass is 9.69. The van der Waals surface area contributed by atoms with Crippen LogP contribution in [0.4, 0.5) is 0 Å². The van der Waals surface area contributed by atoms with Crippen molar-refractivity contribution in [2.75, 3.05) is 6.61 Å². The highest BCUT2D eigenvalue weighted by atomic mass is 16.5. The summed E-state index contributed by atoms with van der Waals surface area (Å²) in [5.41, 5.74) is 5.01. The second kappa shape index (κ2) is 5.68. The molecule has 0 atom stereocenters. The van der Waals surface area contributed by atoms with E-state index < -0.39 is 0 Å². The summed E-state index contributed by atoms with van der Waals surface area (Å²) in [7, 11) is 0. The summed E-state index contributed by atoms with van der Waals surface area (Å²) in [5, 5.41) is 4.28. The van der Waals surface area contributed by atoms with Gasteiger partial charge >= 0.3 is 0 Å². The van der Waals surface area contributed by atoms with E-state index >= 15 is 0 Å². The summed E-state index contributed by atoms with van der Waals surface area (Å²) in [6.07, 6.45) is 16.5. The fraction of sp³-hybridized carbons (Fsp3) is 0.545. The van der Waals surface area contributed by atoms with Gasteiger partial charge in [0.25, 0.3) is 0 Å². The molecule has 2 aromatic rings. The first-order valence-corrected chi connectivity index (χ1v) is 10.3. The van der Waals surface area contributed by atoms with Crippen LogP contribution >= 0.6 is 0 Å². The standard InChI is InChI=1S/C22H25N3O2/c1-3-16(4-1)18-13-19(17-5-6-20-23-15-24-25(20)14-17)27-22(18)10-8-21(9-11-22)7-2-12-26-21/h5-6,13-15H,1-4,7-12H2. The molecule has 2 spiro atoms. The van der Waals surface area contributed by atoms with Crippen LogP contribution in [0.3, 0.4) is 0 Å². The maximum absolute atomic E-state index is 6.76. The molecule has 2 aliphatic carbocycles. The topological polar surface area (TPSA) is 48.7 Å². The van der Waals surface area contributed by atoms with Crippen LogP contribution in [0.2, 0.25) is 0 Å². The van der Waals surface area contributed by atoms with Crippen molar-refractivity contribution < 1.29 is 9.47 Å². The van der Waals surface area contributed by atoms with Crippen molar-refractivity contribution >= 4 is 11.4 Å². The average molecular weight is 363 g/mol. The Labute approximate surface area is 159 Å². The quantitative estimate of drug-likeness (QED) is 0.751. The Kier molecular flexibility index (Phi) is 3.34. The number of hydrogen-bond donors (Lipinski definition) is 0. The normalized spacial score (nSPS) is 33.0. The lowest BCUT2D eigenvalue weighted by Crippen LogP contribution is -2.44. The van der Waals surface area contributed by atoms with Crippen molar-refractivity contribution in [3.8, 4) is 0 Å². The predicted molar refractivity (Wildman–Crippen MR) is 102 cm³/mol. The number of pyridine rings is 1. The zero-order valence-electron chi connectivity index (χ0n) is 15.6. The minimum atomic E-state index is -0.139. The van der Waals surface area contributed by atoms with Crippen LogP contribution in [0.25, 0.3) is 11.4 Å². The predicted octanol–water partition coefficient (Wildman–Crippen LogP) is 4.44. The molecule has 4 heterocycles. The summed E-state index contributed by atoms with van der Waals surface area (Å²) in [5.74, 6) is 0.991. The van der Waals surface area contributed by atoms with Crippen LogP contribution < -0.4 is 0 Å². The third-order valence-corrected chi connectivity index (χ3v) is 7.12. The molecule has 2 saturated carbocycles. The number of allylic oxidation sites excluding steroid dienone is 1. The highest BCUT2D eigenvalue weighted by molar-refractivity contribution is 5.69. The zero-order valence-corrected chi connectivity index (χ0v) is 15.6. The molecule has 5 nitrogen and oxygen atoms in total. The van der Waals surface area contributed by atoms with Crippen LogP contribution in [0.1, 0.15) is 63.4 Å². The Bertz CT molecular complexity index is 949. The van der Waals surface area contributed by atoms with Crippen LogP contribution in [0.15, 0.2) is 41.9 Å². The molecule has 1 saturated heterocycles. The van der Waals surface area contributed by atoms with Gasteiger partial charge in [-0.1, -0.05) is 5.57 Å². The molecule has 0 N–H and O–H groups in total. The third kappa shape index (κ3) is 2.40. The monoisotopic (exact) mass is 363 g/mol. The molecule has 2 aromatic heterocycles. The minimum absolute atomic E-state index is 0.131. The van der Waals surface area contributed by atoms with Gasteiger partial charge in [0, 0.05) is 18.4 Å². The van der Waals surface area contributed by atoms with Crippen molar-refractivity contribution in [3.05, 3.63) is 47.4 Å². The molecule has 5 heteroatoms. The Balaban J connectivity index is 1.35. The number of rotatable bonds is 1. The van der Waals surface area contributed by atoms with Gasteiger partial charge in [-0.3, -0.25) is 0 Å². The van der Waals surface area contributed by atoms with E-state index in [0.717, 1.165) is 49.3 Å². The maximum Gasteiger partial charge on any atom is 0.155 e. The van der Waals surface area contributed by atoms with Gasteiger partial charge in [0.05, 0.1) is 5.60 Å². The fourth-order valence-corrected chi connectivity index (χ4v) is 5.34. The molecule has 0 amide bonds. The van der Waals surface area contributed by atoms with Gasteiger partial charge in [-0.25, -0.2) is 9.50 Å². The second-order valence-electron chi connectivity index (χ2n) is 8.59. The highest BCUT2D eigenvalue weighted by Crippen LogP contribution is 2.54. The van der Waals surface area contributed by atoms with E-state index in [1.807, 2.05) is 16.8 Å². The number of hydrogen-bond acceptors (Lipinski definition) is 4. The largest absolute Gasteiger partial charge is 0.482 e. The number of nitrogens with zero attached hydrogens (tertiary/aromatic N) is 3. The van der Waals surface area contributed by atoms with Gasteiger partial charge in [-0.15, -0.1) is 0 Å². The Hall–Kier alpha value is -2.14. The van der Waals surface area contributed by atoms with Crippen molar-refractivity contribution in [2.45, 2.75) is 69.0 Å². The Morgan fingerprint density at radius 2 is 1.89 bits per heavy atom. The molecular formula is C22H25N3O2. The number of aromatic nitrogens is 3. The van der Waals surface area contributed by atoms with Gasteiger partial charge in [0.1, 0.15) is 17.7 Å². The molecule has 27 heavy (non-hydrogen) atoms. The van der Waals surface area contributed by atoms with E-state index in [4.69, 9.17) is 9.47 Å². The van der Waals surface area contributed by atoms with Gasteiger partial charge < -0.3 is 9.47 Å². The summed E-state index contributed by atoms with van der Waals surface area (Å²) in [4.78, 5) is 4.24. The van der Waals surface area contributed by atoms with Gasteiger partial charge in [-0.05, 0) is 81.6 Å². The lowest BCUT2D eigenvalue weighted by molar-refractivity contribution is -0.0716. The lowest BCUT2D eigenvalue weighted by Gasteiger charge is -2.44. The average Bonchev–Trinajstić information content (AvgIpc) is 3.36. The van der Waals surface area contributed by atoms with Crippen molar-refractivity contribution in [1.29, 1.82) is 0 Å². The zero-order chi connectivity index (χ0) is 17.9. The van der Waals surface area contributed by atoms with Crippen molar-refractivity contribution in [1.82, 2.24) is 14.6 Å². The molecule has 0 aromatic carbocycles. The number of ether oxygens (including phenoxy) is 2. The van der Waals surface area contributed by atoms with Crippen LogP contribution in [-0.4, -0.2) is 32.4 Å². The summed E-state index contributed by atoms with van der Waals surface area (Å²) < 4.78 is 14.7. The van der Waals surface area contributed by atoms with E-state index in [2.05, 4.69) is 22.2 Å². The van der Waals surface area contributed by atoms with E-state index in [1.165, 1.54) is 37.7 Å². The van der Waals surface area contributed by atoms with E-state index in [1.54, 1.807) is 11.9 Å². The van der Waals surface area contributed by atoms with Crippen molar-refractivity contribution in [2.24, 2.45) is 0 Å². The van der Waals surface area contributed by atoms with Gasteiger partial charge in [0.15, 0.2) is 5.65 Å². The minimum Gasteiger partial charge on any atom is -0.482 e. The van der Waals surface area contributed by atoms with E-state index in [0.29, 0.717) is 0 Å². The van der Waals surface area contributed by atoms with Gasteiger partial charge in [0.2, 0.25) is 0 Å². The van der Waals surface area contributed by atoms with E-state index in [9.17, 15) is 0 Å². The van der Waals surface area contributed by atoms with E-state index in [-0.39, 0.29) is 11.2 Å². The first-order valence-electron chi connectivity index (χ1n) is 10.3. The third-order valence-electron chi connectivity index (χ3n) is 7.12. The van der Waals surface area contributed by atoms with Crippen molar-refractivity contribution in [3.63, 3.8) is 0 Å². The van der Waals surface area contributed by atoms with Crippen LogP contribution in [0.5, 0.6) is 0 Å². The summed E-state index contributed by atoms with van der Waals surface area (Å²) in [6, 6.07) is 4.11. The molecule has 3 fully saturated rings. The fourth-order valence-electron chi connectivity index (χ4n) is 5.34. The summed E-state index contributed by atoms with van der Waals surface area (Å²) in [6.45, 7) is 0.934. The first kappa shape index (κ1) is 15.9. The second-order valence-corrected chi connectivity index (χ2v) is 8.59. The summed E-state index contributed by atoms with van der Waals surface area (Å²) >= 11 is 0. The van der Waals surface area contributed by atoms with Crippen LogP contribution in [-0.2, 0) is 9.47 Å². The molecule has 2 aliphatic heterocycles. The van der Waals surface area contributed by atoms with Gasteiger partial charge in [-0.2, -0.15) is 5.10 Å². The van der Waals surface area contributed by atoms with Crippen LogP contribution in [0, 0.1) is 0 Å². The molecule has 0 unspecified atom stereocenters. The Morgan fingerprint density at radius 3 is 2.63 bits per heavy atom. The molecule has 0 bridgehead atoms. The molecule has 140 valence electrons. The Morgan fingerprint density at radius 1 is 1.00 bits per heavy atom. The smallest absolute Gasteiger partial charge is 0.155 e. The first-order chi connectivity index (χ1) is 13.3. The molecule has 0 radical (unpaired) electrons. The highest BCUT2D eigenvalue weighted by Gasteiger charge is 2.51. The molecule has 4 aliphatic rings. The molecule has 6 rings (SSSR count).